The second-order valence-corrected chi connectivity index (χ2v) is 5.15. The van der Waals surface area contributed by atoms with Crippen LogP contribution in [0.15, 0.2) is 24.3 Å². The van der Waals surface area contributed by atoms with Gasteiger partial charge in [-0.2, -0.15) is 18.4 Å². The summed E-state index contributed by atoms with van der Waals surface area (Å²) in [5.74, 6) is -0.671. The average Bonchev–Trinajstić information content (AvgIpc) is 2.79. The van der Waals surface area contributed by atoms with Crippen LogP contribution in [0.1, 0.15) is 19.8 Å². The molecule has 1 aliphatic heterocycles. The molecular weight excluding hydrogens is 283 g/mol. The van der Waals surface area contributed by atoms with Crippen LogP contribution in [0.4, 0.5) is 18.9 Å². The molecule has 7 heteroatoms. The van der Waals surface area contributed by atoms with Crippen LogP contribution < -0.4 is 10.4 Å². The lowest BCUT2D eigenvalue weighted by atomic mass is 9.81. The Balaban J connectivity index is 2.35. The maximum Gasteiger partial charge on any atom is 0.409 e. The van der Waals surface area contributed by atoms with Crippen molar-refractivity contribution in [1.29, 1.82) is 5.26 Å². The smallest absolute Gasteiger partial charge is 0.409 e. The predicted octanol–water partition coefficient (Wildman–Crippen LogP) is 2.96. The Morgan fingerprint density at radius 2 is 2.05 bits per heavy atom. The number of phenolic OH excluding ortho intramolecular Hbond substituents is 1. The van der Waals surface area contributed by atoms with E-state index < -0.39 is 24.1 Å². The lowest BCUT2D eigenvalue weighted by molar-refractivity contribution is -0.202. The third-order valence-electron chi connectivity index (χ3n) is 3.95. The van der Waals surface area contributed by atoms with Crippen LogP contribution in [0.25, 0.3) is 0 Å². The van der Waals surface area contributed by atoms with Crippen LogP contribution in [0, 0.1) is 17.2 Å². The van der Waals surface area contributed by atoms with E-state index in [0.717, 1.165) is 0 Å². The molecule has 1 aromatic rings. The first-order chi connectivity index (χ1) is 9.84. The molecule has 0 amide bonds. The van der Waals surface area contributed by atoms with Gasteiger partial charge in [-0.1, -0.05) is 6.92 Å². The van der Waals surface area contributed by atoms with Crippen molar-refractivity contribution in [3.8, 4) is 11.8 Å². The van der Waals surface area contributed by atoms with Crippen molar-refractivity contribution in [2.24, 2.45) is 5.92 Å². The molecule has 0 radical (unpaired) electrons. The van der Waals surface area contributed by atoms with Crippen molar-refractivity contribution in [1.82, 2.24) is 5.43 Å². The van der Waals surface area contributed by atoms with E-state index in [4.69, 9.17) is 5.26 Å². The van der Waals surface area contributed by atoms with Crippen LogP contribution in [0.5, 0.6) is 5.75 Å². The Morgan fingerprint density at radius 1 is 1.43 bits per heavy atom. The third-order valence-corrected chi connectivity index (χ3v) is 3.95. The Morgan fingerprint density at radius 3 is 2.52 bits per heavy atom. The molecule has 1 saturated heterocycles. The number of nitriles is 1. The molecule has 4 nitrogen and oxygen atoms in total. The molecule has 114 valence electrons. The van der Waals surface area contributed by atoms with Gasteiger partial charge < -0.3 is 10.1 Å². The fourth-order valence-electron chi connectivity index (χ4n) is 2.74. The Bertz CT molecular complexity index is 538. The van der Waals surface area contributed by atoms with Crippen LogP contribution in [0.3, 0.4) is 0 Å². The first-order valence-electron chi connectivity index (χ1n) is 6.62. The summed E-state index contributed by atoms with van der Waals surface area (Å²) < 4.78 is 40.5. The van der Waals surface area contributed by atoms with Crippen molar-refractivity contribution in [2.45, 2.75) is 31.5 Å². The maximum absolute atomic E-state index is 13.5. The van der Waals surface area contributed by atoms with Crippen LogP contribution in [0.2, 0.25) is 0 Å². The first-order valence-corrected chi connectivity index (χ1v) is 6.62. The number of anilines is 1. The second kappa shape index (κ2) is 5.45. The van der Waals surface area contributed by atoms with Gasteiger partial charge >= 0.3 is 6.18 Å². The van der Waals surface area contributed by atoms with Gasteiger partial charge in [-0.15, -0.1) is 0 Å². The van der Waals surface area contributed by atoms with Gasteiger partial charge in [0.2, 0.25) is 0 Å². The van der Waals surface area contributed by atoms with Gasteiger partial charge in [0.05, 0.1) is 18.2 Å². The molecule has 0 spiro atoms. The summed E-state index contributed by atoms with van der Waals surface area (Å²) >= 11 is 0. The van der Waals surface area contributed by atoms with Crippen molar-refractivity contribution >= 4 is 5.69 Å². The molecule has 1 aliphatic rings. The molecule has 1 heterocycles. The monoisotopic (exact) mass is 299 g/mol. The van der Waals surface area contributed by atoms with Gasteiger partial charge in [0.15, 0.2) is 0 Å². The van der Waals surface area contributed by atoms with E-state index in [-0.39, 0.29) is 12.3 Å². The van der Waals surface area contributed by atoms with Crippen molar-refractivity contribution in [3.63, 3.8) is 0 Å². The number of rotatable bonds is 3. The molecule has 0 aliphatic carbocycles. The molecule has 0 bridgehead atoms. The van der Waals surface area contributed by atoms with Crippen LogP contribution in [-0.4, -0.2) is 23.4 Å². The Hall–Kier alpha value is -1.94. The zero-order valence-electron chi connectivity index (χ0n) is 11.5. The third kappa shape index (κ3) is 2.63. The number of phenols is 1. The van der Waals surface area contributed by atoms with Gasteiger partial charge in [0, 0.05) is 12.5 Å². The molecule has 21 heavy (non-hydrogen) atoms. The van der Waals surface area contributed by atoms with Gasteiger partial charge in [-0.3, -0.25) is 0 Å². The highest BCUT2D eigenvalue weighted by atomic mass is 19.4. The zero-order valence-corrected chi connectivity index (χ0v) is 11.5. The summed E-state index contributed by atoms with van der Waals surface area (Å²) in [4.78, 5) is 0. The highest BCUT2D eigenvalue weighted by Gasteiger charge is 2.62. The topological polar surface area (TPSA) is 59.3 Å². The number of halogens is 3. The van der Waals surface area contributed by atoms with E-state index in [0.29, 0.717) is 12.1 Å². The lowest BCUT2D eigenvalue weighted by Crippen LogP contribution is -2.59. The molecule has 0 saturated carbocycles. The van der Waals surface area contributed by atoms with Crippen molar-refractivity contribution < 1.29 is 18.3 Å². The standard InChI is InChI=1S/C14H16F3N3O/c1-2-10-9-20(11-3-5-12(21)6-4-11)19-13(10,7-8-18)14(15,16)17/h3-6,10,19,21H,2,7,9H2,1H3. The fourth-order valence-corrected chi connectivity index (χ4v) is 2.74. The number of hydrogen-bond donors (Lipinski definition) is 2. The van der Waals surface area contributed by atoms with E-state index in [1.165, 1.54) is 29.3 Å². The maximum atomic E-state index is 13.5. The normalized spacial score (nSPS) is 25.9. The minimum atomic E-state index is -4.52. The highest BCUT2D eigenvalue weighted by molar-refractivity contribution is 5.49. The predicted molar refractivity (Wildman–Crippen MR) is 71.4 cm³/mol. The number of alkyl halides is 3. The lowest BCUT2D eigenvalue weighted by Gasteiger charge is -2.34. The Labute approximate surface area is 120 Å². The summed E-state index contributed by atoms with van der Waals surface area (Å²) in [6.07, 6.45) is -4.85. The highest BCUT2D eigenvalue weighted by Crippen LogP contribution is 2.44. The summed E-state index contributed by atoms with van der Waals surface area (Å²) in [7, 11) is 0. The van der Waals surface area contributed by atoms with Gasteiger partial charge in [-0.05, 0) is 30.7 Å². The average molecular weight is 299 g/mol. The largest absolute Gasteiger partial charge is 0.508 e. The summed E-state index contributed by atoms with van der Waals surface area (Å²) in [5.41, 5.74) is 0.782. The molecular formula is C14H16F3N3O. The summed E-state index contributed by atoms with van der Waals surface area (Å²) in [6, 6.07) is 7.55. The number of benzene rings is 1. The van der Waals surface area contributed by atoms with Gasteiger partial charge in [0.1, 0.15) is 11.3 Å². The minimum Gasteiger partial charge on any atom is -0.508 e. The number of nitrogens with one attached hydrogen (secondary N) is 1. The molecule has 2 rings (SSSR count). The van der Waals surface area contributed by atoms with E-state index in [1.54, 1.807) is 13.0 Å². The molecule has 2 unspecified atom stereocenters. The van der Waals surface area contributed by atoms with E-state index in [1.807, 2.05) is 0 Å². The summed E-state index contributed by atoms with van der Waals surface area (Å²) in [5, 5.41) is 19.5. The number of nitrogens with zero attached hydrogens (tertiary/aromatic N) is 2. The number of aromatic hydroxyl groups is 1. The molecule has 0 aromatic heterocycles. The molecule has 1 aromatic carbocycles. The molecule has 2 atom stereocenters. The van der Waals surface area contributed by atoms with Crippen molar-refractivity contribution in [3.05, 3.63) is 24.3 Å². The molecule has 1 fully saturated rings. The number of hydrazine groups is 1. The van der Waals surface area contributed by atoms with Gasteiger partial charge in [-0.25, -0.2) is 5.43 Å². The minimum absolute atomic E-state index is 0.0455. The Kier molecular flexibility index (Phi) is 4.01. The number of hydrogen-bond acceptors (Lipinski definition) is 4. The van der Waals surface area contributed by atoms with E-state index in [2.05, 4.69) is 5.43 Å². The SMILES string of the molecule is CCC1CN(c2ccc(O)cc2)NC1(CC#N)C(F)(F)F. The van der Waals surface area contributed by atoms with E-state index >= 15 is 0 Å². The van der Waals surface area contributed by atoms with Crippen LogP contribution >= 0.6 is 0 Å². The quantitative estimate of drug-likeness (QED) is 0.901. The van der Waals surface area contributed by atoms with Gasteiger partial charge in [0.25, 0.3) is 0 Å². The fraction of sp³-hybridized carbons (Fsp3) is 0.500. The first kappa shape index (κ1) is 15.4. The second-order valence-electron chi connectivity index (χ2n) is 5.15. The van der Waals surface area contributed by atoms with E-state index in [9.17, 15) is 18.3 Å². The zero-order chi connectivity index (χ0) is 15.7. The van der Waals surface area contributed by atoms with Crippen molar-refractivity contribution in [2.75, 3.05) is 11.6 Å². The summed E-state index contributed by atoms with van der Waals surface area (Å²) in [6.45, 7) is 1.84. The van der Waals surface area contributed by atoms with Crippen LogP contribution in [-0.2, 0) is 0 Å². The molecule has 2 N–H and O–H groups in total.